The third-order valence-corrected chi connectivity index (χ3v) is 3.62. The van der Waals surface area contributed by atoms with Crippen LogP contribution in [0.2, 0.25) is 0 Å². The van der Waals surface area contributed by atoms with Crippen LogP contribution in [0.5, 0.6) is 0 Å². The molecule has 1 aliphatic rings. The lowest BCUT2D eigenvalue weighted by molar-refractivity contribution is -0.106. The van der Waals surface area contributed by atoms with E-state index < -0.39 is 0 Å². The van der Waals surface area contributed by atoms with Gasteiger partial charge in [-0.05, 0) is 50.5 Å². The predicted octanol–water partition coefficient (Wildman–Crippen LogP) is 2.93. The van der Waals surface area contributed by atoms with Crippen LogP contribution in [0.25, 0.3) is 0 Å². The maximum Gasteiger partial charge on any atom is 0.124 e. The molecule has 0 spiro atoms. The topological polar surface area (TPSA) is 44.5 Å². The van der Waals surface area contributed by atoms with Gasteiger partial charge in [0.25, 0.3) is 0 Å². The minimum absolute atomic E-state index is 0.144. The fourth-order valence-corrected chi connectivity index (χ4v) is 2.69. The highest BCUT2D eigenvalue weighted by Crippen LogP contribution is 2.23. The van der Waals surface area contributed by atoms with Gasteiger partial charge in [0.2, 0.25) is 0 Å². The highest BCUT2D eigenvalue weighted by atomic mass is 32.1. The highest BCUT2D eigenvalue weighted by Gasteiger charge is 2.24. The van der Waals surface area contributed by atoms with Gasteiger partial charge >= 0.3 is 0 Å². The first-order chi connectivity index (χ1) is 9.44. The van der Waals surface area contributed by atoms with E-state index in [-0.39, 0.29) is 29.1 Å². The molecule has 2 unspecified atom stereocenters. The van der Waals surface area contributed by atoms with Crippen LogP contribution in [0.4, 0.5) is 4.39 Å². The van der Waals surface area contributed by atoms with Gasteiger partial charge in [0, 0.05) is 5.56 Å². The standard InChI is InChI=1S/C15H20FNO2S/c1-9-3-14(4-10(2)19-9)18-8-11-5-12(15(17)20)7-13(16)6-11/h5-7,9-10,14H,3-4,8H2,1-2H3,(H2,17,20). The molecule has 0 radical (unpaired) electrons. The first kappa shape index (κ1) is 15.4. The molecule has 0 amide bonds. The summed E-state index contributed by atoms with van der Waals surface area (Å²) in [5.41, 5.74) is 6.82. The summed E-state index contributed by atoms with van der Waals surface area (Å²) in [5.74, 6) is -0.345. The van der Waals surface area contributed by atoms with Gasteiger partial charge in [-0.1, -0.05) is 12.2 Å². The van der Waals surface area contributed by atoms with Crippen molar-refractivity contribution in [2.45, 2.75) is 51.6 Å². The first-order valence-corrected chi connectivity index (χ1v) is 7.21. The zero-order chi connectivity index (χ0) is 14.7. The van der Waals surface area contributed by atoms with Crippen LogP contribution in [-0.4, -0.2) is 23.3 Å². The van der Waals surface area contributed by atoms with Gasteiger partial charge in [-0.25, -0.2) is 4.39 Å². The molecular formula is C15H20FNO2S. The number of rotatable bonds is 4. The maximum absolute atomic E-state index is 13.5. The number of nitrogens with two attached hydrogens (primary N) is 1. The Bertz CT molecular complexity index is 485. The van der Waals surface area contributed by atoms with E-state index in [2.05, 4.69) is 0 Å². The van der Waals surface area contributed by atoms with Crippen molar-refractivity contribution < 1.29 is 13.9 Å². The fourth-order valence-electron chi connectivity index (χ4n) is 2.57. The lowest BCUT2D eigenvalue weighted by Crippen LogP contribution is -2.34. The van der Waals surface area contributed by atoms with Crippen molar-refractivity contribution in [3.8, 4) is 0 Å². The largest absolute Gasteiger partial charge is 0.389 e. The molecule has 1 aliphatic heterocycles. The molecule has 0 aromatic heterocycles. The van der Waals surface area contributed by atoms with Crippen molar-refractivity contribution >= 4 is 17.2 Å². The first-order valence-electron chi connectivity index (χ1n) is 6.80. The molecule has 1 saturated heterocycles. The quantitative estimate of drug-likeness (QED) is 0.868. The molecule has 1 aromatic carbocycles. The maximum atomic E-state index is 13.5. The number of hydrogen-bond donors (Lipinski definition) is 1. The Morgan fingerprint density at radius 2 is 2.00 bits per heavy atom. The molecule has 20 heavy (non-hydrogen) atoms. The van der Waals surface area contributed by atoms with E-state index in [1.807, 2.05) is 13.8 Å². The van der Waals surface area contributed by atoms with Crippen LogP contribution < -0.4 is 5.73 Å². The SMILES string of the molecule is CC1CC(OCc2cc(F)cc(C(N)=S)c2)CC(C)O1. The monoisotopic (exact) mass is 297 g/mol. The van der Waals surface area contributed by atoms with E-state index in [0.717, 1.165) is 18.4 Å². The summed E-state index contributed by atoms with van der Waals surface area (Å²) >= 11 is 4.88. The van der Waals surface area contributed by atoms with E-state index >= 15 is 0 Å². The van der Waals surface area contributed by atoms with Crippen LogP contribution in [0.15, 0.2) is 18.2 Å². The summed E-state index contributed by atoms with van der Waals surface area (Å²) in [6.07, 6.45) is 2.26. The predicted molar refractivity (Wildman–Crippen MR) is 80.1 cm³/mol. The van der Waals surface area contributed by atoms with Gasteiger partial charge in [0.05, 0.1) is 24.9 Å². The van der Waals surface area contributed by atoms with Crippen LogP contribution in [0, 0.1) is 5.82 Å². The number of benzene rings is 1. The third-order valence-electron chi connectivity index (χ3n) is 3.38. The summed E-state index contributed by atoms with van der Waals surface area (Å²) in [5, 5.41) is 0. The summed E-state index contributed by atoms with van der Waals surface area (Å²) in [6.45, 7) is 4.44. The zero-order valence-corrected chi connectivity index (χ0v) is 12.6. The molecule has 2 N–H and O–H groups in total. The Morgan fingerprint density at radius 3 is 2.60 bits per heavy atom. The molecule has 0 bridgehead atoms. The Labute approximate surface area is 124 Å². The van der Waals surface area contributed by atoms with Crippen LogP contribution in [0.1, 0.15) is 37.8 Å². The average molecular weight is 297 g/mol. The number of thiocarbonyl (C=S) groups is 1. The molecule has 3 nitrogen and oxygen atoms in total. The minimum atomic E-state index is -0.345. The average Bonchev–Trinajstić information content (AvgIpc) is 2.34. The van der Waals surface area contributed by atoms with Crippen LogP contribution >= 0.6 is 12.2 Å². The number of ether oxygens (including phenoxy) is 2. The lowest BCUT2D eigenvalue weighted by Gasteiger charge is -2.32. The van der Waals surface area contributed by atoms with Crippen molar-refractivity contribution in [2.75, 3.05) is 0 Å². The Kier molecular flexibility index (Phi) is 5.07. The number of hydrogen-bond acceptors (Lipinski definition) is 3. The molecule has 1 aromatic rings. The van der Waals surface area contributed by atoms with E-state index in [1.165, 1.54) is 12.1 Å². The fraction of sp³-hybridized carbons (Fsp3) is 0.533. The molecular weight excluding hydrogens is 277 g/mol. The summed E-state index contributed by atoms with van der Waals surface area (Å²) in [4.78, 5) is 0.194. The molecule has 1 fully saturated rings. The lowest BCUT2D eigenvalue weighted by atomic mass is 10.0. The molecule has 0 aliphatic carbocycles. The molecule has 5 heteroatoms. The highest BCUT2D eigenvalue weighted by molar-refractivity contribution is 7.80. The summed E-state index contributed by atoms with van der Waals surface area (Å²) in [7, 11) is 0. The van der Waals surface area contributed by atoms with E-state index in [0.29, 0.717) is 12.2 Å². The van der Waals surface area contributed by atoms with Gasteiger partial charge in [-0.3, -0.25) is 0 Å². The van der Waals surface area contributed by atoms with Gasteiger partial charge in [0.15, 0.2) is 0 Å². The van der Waals surface area contributed by atoms with E-state index in [1.54, 1.807) is 6.07 Å². The second-order valence-corrected chi connectivity index (χ2v) is 5.81. The smallest absolute Gasteiger partial charge is 0.124 e. The number of halogens is 1. The van der Waals surface area contributed by atoms with Crippen molar-refractivity contribution in [3.05, 3.63) is 35.1 Å². The van der Waals surface area contributed by atoms with Gasteiger partial charge < -0.3 is 15.2 Å². The van der Waals surface area contributed by atoms with E-state index in [9.17, 15) is 4.39 Å². The van der Waals surface area contributed by atoms with Crippen molar-refractivity contribution in [1.29, 1.82) is 0 Å². The normalized spacial score (nSPS) is 26.4. The minimum Gasteiger partial charge on any atom is -0.389 e. The zero-order valence-electron chi connectivity index (χ0n) is 11.8. The van der Waals surface area contributed by atoms with Crippen molar-refractivity contribution in [2.24, 2.45) is 5.73 Å². The van der Waals surface area contributed by atoms with Crippen molar-refractivity contribution in [3.63, 3.8) is 0 Å². The second kappa shape index (κ2) is 6.61. The molecule has 2 rings (SSSR count). The van der Waals surface area contributed by atoms with Gasteiger partial charge in [0.1, 0.15) is 10.8 Å². The van der Waals surface area contributed by atoms with Crippen LogP contribution in [0.3, 0.4) is 0 Å². The summed E-state index contributed by atoms with van der Waals surface area (Å²) < 4.78 is 25.0. The van der Waals surface area contributed by atoms with Crippen molar-refractivity contribution in [1.82, 2.24) is 0 Å². The Hall–Kier alpha value is -1.04. The molecule has 0 saturated carbocycles. The van der Waals surface area contributed by atoms with Gasteiger partial charge in [-0.2, -0.15) is 0 Å². The Balaban J connectivity index is 1.98. The molecule has 110 valence electrons. The van der Waals surface area contributed by atoms with Crippen LogP contribution in [-0.2, 0) is 16.1 Å². The molecule has 1 heterocycles. The molecule has 2 atom stereocenters. The summed E-state index contributed by atoms with van der Waals surface area (Å²) in [6, 6.07) is 4.57. The van der Waals surface area contributed by atoms with E-state index in [4.69, 9.17) is 27.4 Å². The van der Waals surface area contributed by atoms with Gasteiger partial charge in [-0.15, -0.1) is 0 Å². The Morgan fingerprint density at radius 1 is 1.35 bits per heavy atom. The third kappa shape index (κ3) is 4.23. The second-order valence-electron chi connectivity index (χ2n) is 5.37.